The molecule has 1 atom stereocenters. The molecular formula is C13H15BrN2O2. The summed E-state index contributed by atoms with van der Waals surface area (Å²) >= 11 is 3.39. The fourth-order valence-corrected chi connectivity index (χ4v) is 3.14. The second-order valence-electron chi connectivity index (χ2n) is 4.86. The van der Waals surface area contributed by atoms with E-state index in [0.717, 1.165) is 30.4 Å². The molecule has 0 bridgehead atoms. The molecule has 5 heteroatoms. The van der Waals surface area contributed by atoms with Crippen LogP contribution in [0.3, 0.4) is 0 Å². The number of carbonyl (C=O) groups is 1. The number of nitrogens with one attached hydrogen (secondary N) is 1. The highest BCUT2D eigenvalue weighted by Crippen LogP contribution is 2.40. The molecule has 2 heterocycles. The molecular weight excluding hydrogens is 296 g/mol. The average Bonchev–Trinajstić information content (AvgIpc) is 2.64. The molecule has 2 aliphatic rings. The number of anilines is 1. The monoisotopic (exact) mass is 310 g/mol. The van der Waals surface area contributed by atoms with Gasteiger partial charge < -0.3 is 10.4 Å². The SMILES string of the molecule is O=C1Nc2ccc(Br)cc2C1(O)N1CCCCC1. The number of piperidine rings is 1. The zero-order valence-corrected chi connectivity index (χ0v) is 11.5. The van der Waals surface area contributed by atoms with Crippen molar-refractivity contribution in [3.8, 4) is 0 Å². The molecule has 0 aromatic heterocycles. The van der Waals surface area contributed by atoms with Gasteiger partial charge in [0, 0.05) is 28.8 Å². The Morgan fingerprint density at radius 1 is 1.28 bits per heavy atom. The lowest BCUT2D eigenvalue weighted by atomic mass is 9.99. The van der Waals surface area contributed by atoms with E-state index in [1.54, 1.807) is 0 Å². The van der Waals surface area contributed by atoms with Crippen LogP contribution in [0, 0.1) is 0 Å². The molecule has 2 aliphatic heterocycles. The number of fused-ring (bicyclic) bond motifs is 1. The Morgan fingerprint density at radius 2 is 2.00 bits per heavy atom. The van der Waals surface area contributed by atoms with Crippen LogP contribution in [0.5, 0.6) is 0 Å². The summed E-state index contributed by atoms with van der Waals surface area (Å²) in [6.07, 6.45) is 3.22. The number of aliphatic hydroxyl groups is 1. The molecule has 4 nitrogen and oxygen atoms in total. The fourth-order valence-electron chi connectivity index (χ4n) is 2.78. The molecule has 1 aromatic rings. The van der Waals surface area contributed by atoms with Gasteiger partial charge in [0.1, 0.15) is 0 Å². The van der Waals surface area contributed by atoms with Crippen LogP contribution >= 0.6 is 15.9 Å². The number of amides is 1. The molecule has 1 unspecified atom stereocenters. The Balaban J connectivity index is 2.05. The van der Waals surface area contributed by atoms with Crippen molar-refractivity contribution in [2.75, 3.05) is 18.4 Å². The highest BCUT2D eigenvalue weighted by atomic mass is 79.9. The van der Waals surface area contributed by atoms with Gasteiger partial charge in [-0.05, 0) is 31.0 Å². The third-order valence-corrected chi connectivity index (χ3v) is 4.23. The van der Waals surface area contributed by atoms with E-state index in [1.807, 2.05) is 23.1 Å². The van der Waals surface area contributed by atoms with Gasteiger partial charge >= 0.3 is 0 Å². The van der Waals surface area contributed by atoms with E-state index in [0.29, 0.717) is 11.3 Å². The number of benzene rings is 1. The summed E-state index contributed by atoms with van der Waals surface area (Å²) in [6, 6.07) is 5.50. The number of nitrogens with zero attached hydrogens (tertiary/aromatic N) is 1. The second-order valence-corrected chi connectivity index (χ2v) is 5.78. The standard InChI is InChI=1S/C13H15BrN2O2/c14-9-4-5-11-10(8-9)13(18,12(17)15-11)16-6-2-1-3-7-16/h4-5,8,18H,1-3,6-7H2,(H,15,17). The lowest BCUT2D eigenvalue weighted by Crippen LogP contribution is -2.52. The molecule has 1 aromatic carbocycles. The van der Waals surface area contributed by atoms with Crippen LogP contribution in [0.15, 0.2) is 22.7 Å². The molecule has 18 heavy (non-hydrogen) atoms. The minimum Gasteiger partial charge on any atom is -0.364 e. The maximum atomic E-state index is 12.1. The van der Waals surface area contributed by atoms with Gasteiger partial charge in [0.2, 0.25) is 5.72 Å². The molecule has 0 spiro atoms. The molecule has 0 radical (unpaired) electrons. The van der Waals surface area contributed by atoms with Gasteiger partial charge in [-0.15, -0.1) is 0 Å². The van der Waals surface area contributed by atoms with E-state index < -0.39 is 5.72 Å². The maximum Gasteiger partial charge on any atom is 0.276 e. The van der Waals surface area contributed by atoms with Crippen LogP contribution in [0.2, 0.25) is 0 Å². The lowest BCUT2D eigenvalue weighted by molar-refractivity contribution is -0.161. The predicted octanol–water partition coefficient (Wildman–Crippen LogP) is 2.03. The Labute approximate surface area is 114 Å². The summed E-state index contributed by atoms with van der Waals surface area (Å²) in [5.74, 6) is -0.336. The van der Waals surface area contributed by atoms with Crippen molar-refractivity contribution < 1.29 is 9.90 Å². The Kier molecular flexibility index (Phi) is 2.92. The van der Waals surface area contributed by atoms with Crippen molar-refractivity contribution in [1.82, 2.24) is 4.90 Å². The first-order chi connectivity index (χ1) is 8.62. The van der Waals surface area contributed by atoms with E-state index in [-0.39, 0.29) is 5.91 Å². The number of hydrogen-bond acceptors (Lipinski definition) is 3. The number of likely N-dealkylation sites (tertiary alicyclic amines) is 1. The lowest BCUT2D eigenvalue weighted by Gasteiger charge is -2.37. The average molecular weight is 311 g/mol. The van der Waals surface area contributed by atoms with E-state index in [4.69, 9.17) is 0 Å². The molecule has 3 rings (SSSR count). The third-order valence-electron chi connectivity index (χ3n) is 3.74. The summed E-state index contributed by atoms with van der Waals surface area (Å²) in [4.78, 5) is 14.0. The number of carbonyl (C=O) groups excluding carboxylic acids is 1. The summed E-state index contributed by atoms with van der Waals surface area (Å²) in [5.41, 5.74) is -0.139. The number of rotatable bonds is 1. The zero-order valence-electron chi connectivity index (χ0n) is 9.95. The summed E-state index contributed by atoms with van der Waals surface area (Å²) in [7, 11) is 0. The van der Waals surface area contributed by atoms with Crippen LogP contribution < -0.4 is 5.32 Å². The van der Waals surface area contributed by atoms with Gasteiger partial charge in [0.05, 0.1) is 0 Å². The molecule has 96 valence electrons. The van der Waals surface area contributed by atoms with Crippen molar-refractivity contribution >= 4 is 27.5 Å². The second kappa shape index (κ2) is 4.33. The van der Waals surface area contributed by atoms with E-state index in [1.165, 1.54) is 6.42 Å². The molecule has 1 amide bonds. The minimum absolute atomic E-state index is 0.336. The van der Waals surface area contributed by atoms with Crippen molar-refractivity contribution in [1.29, 1.82) is 0 Å². The molecule has 1 fully saturated rings. The zero-order chi connectivity index (χ0) is 12.8. The Bertz CT molecular complexity index is 500. The topological polar surface area (TPSA) is 52.6 Å². The van der Waals surface area contributed by atoms with Crippen molar-refractivity contribution in [3.63, 3.8) is 0 Å². The molecule has 1 saturated heterocycles. The van der Waals surface area contributed by atoms with Crippen LogP contribution in [0.4, 0.5) is 5.69 Å². The van der Waals surface area contributed by atoms with E-state index >= 15 is 0 Å². The van der Waals surface area contributed by atoms with Gasteiger partial charge in [-0.2, -0.15) is 0 Å². The quantitative estimate of drug-likeness (QED) is 0.834. The van der Waals surface area contributed by atoms with Gasteiger partial charge in [-0.1, -0.05) is 22.4 Å². The summed E-state index contributed by atoms with van der Waals surface area (Å²) in [6.45, 7) is 1.52. The molecule has 2 N–H and O–H groups in total. The summed E-state index contributed by atoms with van der Waals surface area (Å²) in [5, 5.41) is 13.6. The smallest absolute Gasteiger partial charge is 0.276 e. The molecule has 0 aliphatic carbocycles. The van der Waals surface area contributed by atoms with Crippen molar-refractivity contribution in [2.45, 2.75) is 25.0 Å². The van der Waals surface area contributed by atoms with Gasteiger partial charge in [0.25, 0.3) is 5.91 Å². The van der Waals surface area contributed by atoms with Crippen LogP contribution in [-0.4, -0.2) is 29.0 Å². The normalized spacial score (nSPS) is 28.0. The Morgan fingerprint density at radius 3 is 2.72 bits per heavy atom. The van der Waals surface area contributed by atoms with Crippen LogP contribution in [0.1, 0.15) is 24.8 Å². The van der Waals surface area contributed by atoms with Gasteiger partial charge in [0.15, 0.2) is 0 Å². The first-order valence-electron chi connectivity index (χ1n) is 6.21. The van der Waals surface area contributed by atoms with E-state index in [9.17, 15) is 9.90 Å². The number of hydrogen-bond donors (Lipinski definition) is 2. The predicted molar refractivity (Wildman–Crippen MR) is 72.1 cm³/mol. The van der Waals surface area contributed by atoms with Crippen LogP contribution in [0.25, 0.3) is 0 Å². The van der Waals surface area contributed by atoms with Gasteiger partial charge in [-0.3, -0.25) is 9.69 Å². The van der Waals surface area contributed by atoms with E-state index in [2.05, 4.69) is 21.2 Å². The highest BCUT2D eigenvalue weighted by Gasteiger charge is 2.50. The maximum absolute atomic E-state index is 12.1. The first kappa shape index (κ1) is 12.1. The molecule has 0 saturated carbocycles. The van der Waals surface area contributed by atoms with Crippen molar-refractivity contribution in [3.05, 3.63) is 28.2 Å². The number of halogens is 1. The van der Waals surface area contributed by atoms with Gasteiger partial charge in [-0.25, -0.2) is 0 Å². The highest BCUT2D eigenvalue weighted by molar-refractivity contribution is 9.10. The third kappa shape index (κ3) is 1.69. The minimum atomic E-state index is -1.50. The largest absolute Gasteiger partial charge is 0.364 e. The van der Waals surface area contributed by atoms with Crippen LogP contribution in [-0.2, 0) is 10.5 Å². The fraction of sp³-hybridized carbons (Fsp3) is 0.462. The first-order valence-corrected chi connectivity index (χ1v) is 7.00. The van der Waals surface area contributed by atoms with Crippen molar-refractivity contribution in [2.24, 2.45) is 0 Å². The Hall–Kier alpha value is -0.910. The summed E-state index contributed by atoms with van der Waals surface area (Å²) < 4.78 is 0.869.